The molecule has 2 heteroatoms. The van der Waals surface area contributed by atoms with Gasteiger partial charge in [0, 0.05) is 0 Å². The molecule has 0 saturated heterocycles. The molecule has 0 N–H and O–H groups in total. The molecule has 0 saturated carbocycles. The van der Waals surface area contributed by atoms with Gasteiger partial charge in [0.15, 0.2) is 0 Å². The van der Waals surface area contributed by atoms with Crippen LogP contribution in [-0.4, -0.2) is 9.97 Å². The van der Waals surface area contributed by atoms with Gasteiger partial charge in [-0.2, -0.15) is 0 Å². The topological polar surface area (TPSA) is 25.8 Å². The van der Waals surface area contributed by atoms with E-state index in [1.807, 2.05) is 32.2 Å². The standard InChI is InChI=1S/C13H14N2/c1-4-10(3)13-8-14-11-6-5-9(2)7-12(11)15-13/h4-8H,1-3H3/b10-4+. The first-order valence-corrected chi connectivity index (χ1v) is 5.07. The molecule has 0 radical (unpaired) electrons. The van der Waals surface area contributed by atoms with Crippen LogP contribution in [-0.2, 0) is 0 Å². The average molecular weight is 198 g/mol. The van der Waals surface area contributed by atoms with Crippen molar-refractivity contribution < 1.29 is 0 Å². The highest BCUT2D eigenvalue weighted by Gasteiger charge is 2.00. The van der Waals surface area contributed by atoms with Crippen molar-refractivity contribution >= 4 is 16.6 Å². The summed E-state index contributed by atoms with van der Waals surface area (Å²) in [7, 11) is 0. The van der Waals surface area contributed by atoms with Crippen molar-refractivity contribution in [3.8, 4) is 0 Å². The average Bonchev–Trinajstić information content (AvgIpc) is 2.27. The van der Waals surface area contributed by atoms with Crippen LogP contribution in [0, 0.1) is 6.92 Å². The molecule has 15 heavy (non-hydrogen) atoms. The Balaban J connectivity index is 2.64. The lowest BCUT2D eigenvalue weighted by Crippen LogP contribution is -1.90. The van der Waals surface area contributed by atoms with Gasteiger partial charge in [0.05, 0.1) is 22.9 Å². The monoisotopic (exact) mass is 198 g/mol. The summed E-state index contributed by atoms with van der Waals surface area (Å²) in [5.41, 5.74) is 5.25. The molecule has 0 aliphatic rings. The van der Waals surface area contributed by atoms with Crippen LogP contribution in [0.3, 0.4) is 0 Å². The Morgan fingerprint density at radius 2 is 2.07 bits per heavy atom. The number of nitrogens with zero attached hydrogens (tertiary/aromatic N) is 2. The van der Waals surface area contributed by atoms with Gasteiger partial charge in [-0.3, -0.25) is 4.98 Å². The number of aryl methyl sites for hydroxylation is 1. The van der Waals surface area contributed by atoms with Crippen LogP contribution in [0.25, 0.3) is 16.6 Å². The number of fused-ring (bicyclic) bond motifs is 1. The van der Waals surface area contributed by atoms with Gasteiger partial charge >= 0.3 is 0 Å². The molecular formula is C13H14N2. The second-order valence-corrected chi connectivity index (χ2v) is 3.72. The highest BCUT2D eigenvalue weighted by atomic mass is 14.8. The van der Waals surface area contributed by atoms with Crippen LogP contribution in [0.15, 0.2) is 30.5 Å². The van der Waals surface area contributed by atoms with Gasteiger partial charge in [-0.15, -0.1) is 0 Å². The van der Waals surface area contributed by atoms with Crippen LogP contribution in [0.5, 0.6) is 0 Å². The maximum atomic E-state index is 4.58. The van der Waals surface area contributed by atoms with Crippen molar-refractivity contribution in [2.45, 2.75) is 20.8 Å². The number of rotatable bonds is 1. The van der Waals surface area contributed by atoms with E-state index in [0.717, 1.165) is 22.3 Å². The minimum atomic E-state index is 0.952. The normalized spacial score (nSPS) is 12.1. The van der Waals surface area contributed by atoms with E-state index >= 15 is 0 Å². The van der Waals surface area contributed by atoms with Crippen LogP contribution in [0.4, 0.5) is 0 Å². The Morgan fingerprint density at radius 1 is 1.27 bits per heavy atom. The van der Waals surface area contributed by atoms with E-state index in [2.05, 4.69) is 29.0 Å². The third-order valence-electron chi connectivity index (χ3n) is 2.53. The summed E-state index contributed by atoms with van der Waals surface area (Å²) < 4.78 is 0. The molecule has 1 aromatic carbocycles. The molecule has 0 amide bonds. The van der Waals surface area contributed by atoms with E-state index in [4.69, 9.17) is 0 Å². The molecule has 0 aliphatic carbocycles. The summed E-state index contributed by atoms with van der Waals surface area (Å²) in [6, 6.07) is 6.13. The summed E-state index contributed by atoms with van der Waals surface area (Å²) >= 11 is 0. The van der Waals surface area contributed by atoms with Crippen LogP contribution < -0.4 is 0 Å². The van der Waals surface area contributed by atoms with Crippen molar-refractivity contribution in [2.24, 2.45) is 0 Å². The molecule has 1 heterocycles. The molecule has 0 spiro atoms. The smallest absolute Gasteiger partial charge is 0.0896 e. The first-order chi connectivity index (χ1) is 7.20. The predicted octanol–water partition coefficient (Wildman–Crippen LogP) is 3.36. The molecule has 1 aromatic heterocycles. The number of aromatic nitrogens is 2. The molecule has 2 rings (SSSR count). The highest BCUT2D eigenvalue weighted by Crippen LogP contribution is 2.15. The van der Waals surface area contributed by atoms with Crippen molar-refractivity contribution in [1.29, 1.82) is 0 Å². The van der Waals surface area contributed by atoms with E-state index in [9.17, 15) is 0 Å². The first-order valence-electron chi connectivity index (χ1n) is 5.07. The zero-order valence-corrected chi connectivity index (χ0v) is 9.28. The van der Waals surface area contributed by atoms with Crippen molar-refractivity contribution in [2.75, 3.05) is 0 Å². The molecule has 0 unspecified atom stereocenters. The molecule has 76 valence electrons. The third-order valence-corrected chi connectivity index (χ3v) is 2.53. The van der Waals surface area contributed by atoms with Gasteiger partial charge in [0.1, 0.15) is 0 Å². The fourth-order valence-corrected chi connectivity index (χ4v) is 1.46. The molecule has 2 nitrogen and oxygen atoms in total. The van der Waals surface area contributed by atoms with E-state index < -0.39 is 0 Å². The van der Waals surface area contributed by atoms with Crippen molar-refractivity contribution in [3.05, 3.63) is 41.7 Å². The molecule has 0 atom stereocenters. The van der Waals surface area contributed by atoms with Gasteiger partial charge in [-0.05, 0) is 44.0 Å². The molecular weight excluding hydrogens is 184 g/mol. The minimum Gasteiger partial charge on any atom is -0.252 e. The Bertz CT molecular complexity index is 527. The number of allylic oxidation sites excluding steroid dienone is 2. The highest BCUT2D eigenvalue weighted by molar-refractivity contribution is 5.77. The Labute approximate surface area is 89.7 Å². The molecule has 0 aliphatic heterocycles. The summed E-state index contributed by atoms with van der Waals surface area (Å²) in [4.78, 5) is 8.96. The summed E-state index contributed by atoms with van der Waals surface area (Å²) in [6.07, 6.45) is 3.87. The fraction of sp³-hybridized carbons (Fsp3) is 0.231. The Hall–Kier alpha value is -1.70. The maximum absolute atomic E-state index is 4.58. The lowest BCUT2D eigenvalue weighted by Gasteiger charge is -2.02. The molecule has 0 fully saturated rings. The zero-order chi connectivity index (χ0) is 10.8. The predicted molar refractivity (Wildman–Crippen MR) is 63.6 cm³/mol. The van der Waals surface area contributed by atoms with Gasteiger partial charge in [-0.25, -0.2) is 4.98 Å². The summed E-state index contributed by atoms with van der Waals surface area (Å²) in [6.45, 7) is 6.12. The van der Waals surface area contributed by atoms with Crippen LogP contribution >= 0.6 is 0 Å². The molecule has 0 bridgehead atoms. The Morgan fingerprint density at radius 3 is 2.80 bits per heavy atom. The van der Waals surface area contributed by atoms with Gasteiger partial charge in [-0.1, -0.05) is 12.1 Å². The SMILES string of the molecule is C/C=C(\C)c1cnc2ccc(C)cc2n1. The fourth-order valence-electron chi connectivity index (χ4n) is 1.46. The van der Waals surface area contributed by atoms with Gasteiger partial charge in [0.25, 0.3) is 0 Å². The summed E-state index contributed by atoms with van der Waals surface area (Å²) in [5.74, 6) is 0. The zero-order valence-electron chi connectivity index (χ0n) is 9.28. The lowest BCUT2D eigenvalue weighted by atomic mass is 10.2. The first kappa shape index (κ1) is 9.84. The van der Waals surface area contributed by atoms with E-state index in [0.29, 0.717) is 0 Å². The van der Waals surface area contributed by atoms with Gasteiger partial charge < -0.3 is 0 Å². The largest absolute Gasteiger partial charge is 0.252 e. The maximum Gasteiger partial charge on any atom is 0.0896 e. The Kier molecular flexibility index (Phi) is 2.50. The quantitative estimate of drug-likeness (QED) is 0.702. The molecule has 2 aromatic rings. The number of hydrogen-bond donors (Lipinski definition) is 0. The third kappa shape index (κ3) is 1.89. The second kappa shape index (κ2) is 3.81. The number of benzene rings is 1. The van der Waals surface area contributed by atoms with Crippen molar-refractivity contribution in [3.63, 3.8) is 0 Å². The minimum absolute atomic E-state index is 0.952. The van der Waals surface area contributed by atoms with Gasteiger partial charge in [0.2, 0.25) is 0 Å². The number of hydrogen-bond acceptors (Lipinski definition) is 2. The lowest BCUT2D eigenvalue weighted by molar-refractivity contribution is 1.23. The van der Waals surface area contributed by atoms with Crippen molar-refractivity contribution in [1.82, 2.24) is 9.97 Å². The van der Waals surface area contributed by atoms with E-state index in [1.165, 1.54) is 5.56 Å². The van der Waals surface area contributed by atoms with E-state index in [1.54, 1.807) is 0 Å². The van der Waals surface area contributed by atoms with Crippen LogP contribution in [0.2, 0.25) is 0 Å². The second-order valence-electron chi connectivity index (χ2n) is 3.72. The van der Waals surface area contributed by atoms with Crippen LogP contribution in [0.1, 0.15) is 25.1 Å². The summed E-state index contributed by atoms with van der Waals surface area (Å²) in [5, 5.41) is 0. The van der Waals surface area contributed by atoms with E-state index in [-0.39, 0.29) is 0 Å².